The lowest BCUT2D eigenvalue weighted by atomic mass is 9.72. The Labute approximate surface area is 483 Å². The Bertz CT molecular complexity index is 1520. The maximum atomic E-state index is 12.8. The van der Waals surface area contributed by atoms with Gasteiger partial charge in [0.2, 0.25) is 0 Å². The second kappa shape index (κ2) is 56.0. The monoisotopic (exact) mass is 1090 g/mol. The lowest BCUT2D eigenvalue weighted by molar-refractivity contribution is -0.167. The first-order valence-corrected chi connectivity index (χ1v) is 33.4. The average molecular weight is 1090 g/mol. The summed E-state index contributed by atoms with van der Waals surface area (Å²) in [5.74, 6) is -0.842. The summed E-state index contributed by atoms with van der Waals surface area (Å²) >= 11 is 0. The molecule has 1 aliphatic carbocycles. The molecule has 0 aromatic heterocycles. The highest BCUT2D eigenvalue weighted by atomic mass is 16.6. The maximum absolute atomic E-state index is 12.8. The van der Waals surface area contributed by atoms with Gasteiger partial charge in [0.1, 0.15) is 13.2 Å². The third-order valence-corrected chi connectivity index (χ3v) is 15.8. The van der Waals surface area contributed by atoms with Crippen molar-refractivity contribution in [3.63, 3.8) is 0 Å². The van der Waals surface area contributed by atoms with E-state index < -0.39 is 6.10 Å². The van der Waals surface area contributed by atoms with Gasteiger partial charge in [-0.3, -0.25) is 14.4 Å². The van der Waals surface area contributed by atoms with Crippen molar-refractivity contribution in [1.82, 2.24) is 0 Å². The summed E-state index contributed by atoms with van der Waals surface area (Å²) in [6.45, 7) is 17.8. The van der Waals surface area contributed by atoms with Crippen molar-refractivity contribution in [3.05, 3.63) is 58.7 Å². The van der Waals surface area contributed by atoms with E-state index in [2.05, 4.69) is 66.7 Å². The summed E-state index contributed by atoms with van der Waals surface area (Å²) < 4.78 is 16.8. The smallest absolute Gasteiger partial charge is 0.306 e. The van der Waals surface area contributed by atoms with Crippen LogP contribution in [0.4, 0.5) is 0 Å². The summed E-state index contributed by atoms with van der Waals surface area (Å²) in [4.78, 5) is 37.9. The van der Waals surface area contributed by atoms with Crippen LogP contribution in [0.3, 0.4) is 0 Å². The van der Waals surface area contributed by atoms with E-state index in [1.54, 1.807) is 6.08 Å². The summed E-state index contributed by atoms with van der Waals surface area (Å²) in [5, 5.41) is 8.81. The lowest BCUT2D eigenvalue weighted by Crippen LogP contribution is -2.30. The Hall–Kier alpha value is -2.93. The zero-order valence-corrected chi connectivity index (χ0v) is 52.9. The number of carbonyl (C=O) groups excluding carboxylic acids is 3. The average Bonchev–Trinajstić information content (AvgIpc) is 3.42. The lowest BCUT2D eigenvalue weighted by Gasteiger charge is -2.32. The molecule has 1 rings (SSSR count). The van der Waals surface area contributed by atoms with Crippen molar-refractivity contribution in [2.75, 3.05) is 19.8 Å². The molecular weight excluding hydrogens is 965 g/mol. The van der Waals surface area contributed by atoms with Crippen LogP contribution in [-0.4, -0.2) is 48.9 Å². The maximum Gasteiger partial charge on any atom is 0.306 e. The van der Waals surface area contributed by atoms with Crippen molar-refractivity contribution < 1.29 is 33.7 Å². The molecule has 7 nitrogen and oxygen atoms in total. The van der Waals surface area contributed by atoms with Crippen LogP contribution in [0.5, 0.6) is 0 Å². The standard InChI is InChI=1S/C51H98O6.C20H30O/c1-4-7-10-13-16-19-22-25-28-31-34-37-40-43-49(52)55-46-48(57-51(54)45-42-39-36-33-30-27-24-21-18-15-12-9-6-3)47-56-50(53)44-41-38-35-32-29-26-23-20-17-14-11-8-5-2;1-16(8-6-9-17(2)13-15-21)11-12-19-18(3)10-7-14-20(19,4)5/h48H,4-47H2,1-3H3;6,8-9,11-13,21H,7,10,14-15H2,1-5H3/b;9-6+,12-11+,16-8+,17-13+. The van der Waals surface area contributed by atoms with Gasteiger partial charge in [-0.1, -0.05) is 319 Å². The molecule has 0 amide bonds. The largest absolute Gasteiger partial charge is 0.462 e. The molecule has 454 valence electrons. The number of hydrogen-bond acceptors (Lipinski definition) is 7. The zero-order valence-electron chi connectivity index (χ0n) is 52.9. The van der Waals surface area contributed by atoms with E-state index in [0.717, 1.165) is 63.4 Å². The highest BCUT2D eigenvalue weighted by molar-refractivity contribution is 5.71. The second-order valence-corrected chi connectivity index (χ2v) is 24.1. The summed E-state index contributed by atoms with van der Waals surface area (Å²) in [6, 6.07) is 0. The van der Waals surface area contributed by atoms with Crippen LogP contribution in [0.15, 0.2) is 58.7 Å². The van der Waals surface area contributed by atoms with Gasteiger partial charge in [-0.2, -0.15) is 0 Å². The molecule has 0 atom stereocenters. The first-order valence-electron chi connectivity index (χ1n) is 33.4. The molecular formula is C71H128O7. The van der Waals surface area contributed by atoms with Crippen molar-refractivity contribution in [1.29, 1.82) is 0 Å². The minimum Gasteiger partial charge on any atom is -0.462 e. The molecule has 0 aliphatic heterocycles. The van der Waals surface area contributed by atoms with E-state index in [9.17, 15) is 14.4 Å². The molecule has 1 aliphatic rings. The van der Waals surface area contributed by atoms with Crippen LogP contribution >= 0.6 is 0 Å². The zero-order chi connectivity index (χ0) is 57.4. The minimum absolute atomic E-state index is 0.0619. The summed E-state index contributed by atoms with van der Waals surface area (Å²) in [6.07, 6.45) is 65.6. The first kappa shape index (κ1) is 75.1. The number of carbonyl (C=O) groups is 3. The number of rotatable bonds is 52. The van der Waals surface area contributed by atoms with Crippen molar-refractivity contribution >= 4 is 17.9 Å². The number of allylic oxidation sites excluding steroid dienone is 9. The van der Waals surface area contributed by atoms with E-state index in [1.165, 1.54) is 229 Å². The molecule has 0 aromatic rings. The molecule has 7 heteroatoms. The van der Waals surface area contributed by atoms with Crippen LogP contribution in [0, 0.1) is 5.41 Å². The predicted octanol–water partition coefficient (Wildman–Crippen LogP) is 21.9. The fourth-order valence-electron chi connectivity index (χ4n) is 10.6. The molecule has 0 radical (unpaired) electrons. The van der Waals surface area contributed by atoms with E-state index in [-0.39, 0.29) is 37.7 Å². The van der Waals surface area contributed by atoms with Crippen LogP contribution in [0.1, 0.15) is 344 Å². The van der Waals surface area contributed by atoms with Crippen molar-refractivity contribution in [3.8, 4) is 0 Å². The Balaban J connectivity index is 0.00000234. The van der Waals surface area contributed by atoms with Gasteiger partial charge in [-0.05, 0) is 70.3 Å². The van der Waals surface area contributed by atoms with Gasteiger partial charge >= 0.3 is 17.9 Å². The molecule has 0 heterocycles. The van der Waals surface area contributed by atoms with E-state index in [4.69, 9.17) is 19.3 Å². The second-order valence-electron chi connectivity index (χ2n) is 24.1. The predicted molar refractivity (Wildman–Crippen MR) is 336 cm³/mol. The van der Waals surface area contributed by atoms with Gasteiger partial charge in [0.25, 0.3) is 0 Å². The molecule has 1 N–H and O–H groups in total. The van der Waals surface area contributed by atoms with Gasteiger partial charge in [-0.15, -0.1) is 0 Å². The van der Waals surface area contributed by atoms with Gasteiger partial charge in [0.05, 0.1) is 6.61 Å². The molecule has 0 fully saturated rings. The third-order valence-electron chi connectivity index (χ3n) is 15.8. The molecule has 0 saturated carbocycles. The Kier molecular flexibility index (Phi) is 53.9. The fourth-order valence-corrected chi connectivity index (χ4v) is 10.6. The van der Waals surface area contributed by atoms with Crippen LogP contribution < -0.4 is 0 Å². The molecule has 0 unspecified atom stereocenters. The normalized spacial score (nSPS) is 13.9. The first-order chi connectivity index (χ1) is 37.9. The van der Waals surface area contributed by atoms with E-state index >= 15 is 0 Å². The van der Waals surface area contributed by atoms with Gasteiger partial charge in [-0.25, -0.2) is 0 Å². The Morgan fingerprint density at radius 3 is 1.15 bits per heavy atom. The summed E-state index contributed by atoms with van der Waals surface area (Å²) in [7, 11) is 0. The summed E-state index contributed by atoms with van der Waals surface area (Å²) in [5.41, 5.74) is 5.66. The number of unbranched alkanes of at least 4 members (excludes halogenated alkanes) is 36. The van der Waals surface area contributed by atoms with Crippen LogP contribution in [-0.2, 0) is 28.6 Å². The Morgan fingerprint density at radius 2 is 0.821 bits per heavy atom. The SMILES string of the molecule is CC1=C(/C=C/C(C)=C/C=C/C(C)=C/CO)C(C)(C)CCC1.CCCCCCCCCCCCCCCC(=O)OCC(COC(=O)CCCCCCCCCCCCCCC)OC(=O)CCCCCCCCCCCCCCC. The number of aliphatic hydroxyl groups excluding tert-OH is 1. The third kappa shape index (κ3) is 50.1. The minimum atomic E-state index is -0.759. The molecule has 0 spiro atoms. The van der Waals surface area contributed by atoms with E-state index in [0.29, 0.717) is 24.7 Å². The van der Waals surface area contributed by atoms with Crippen LogP contribution in [0.25, 0.3) is 0 Å². The molecule has 78 heavy (non-hydrogen) atoms. The van der Waals surface area contributed by atoms with Crippen LogP contribution in [0.2, 0.25) is 0 Å². The number of esters is 3. The quantitative estimate of drug-likeness (QED) is 0.0280. The highest BCUT2D eigenvalue weighted by Gasteiger charge is 2.26. The van der Waals surface area contributed by atoms with Gasteiger partial charge in [0.15, 0.2) is 6.10 Å². The number of aliphatic hydroxyl groups is 1. The van der Waals surface area contributed by atoms with Crippen molar-refractivity contribution in [2.45, 2.75) is 350 Å². The Morgan fingerprint density at radius 1 is 0.487 bits per heavy atom. The van der Waals surface area contributed by atoms with Gasteiger partial charge < -0.3 is 19.3 Å². The molecule has 0 aromatic carbocycles. The number of ether oxygens (including phenoxy) is 3. The highest BCUT2D eigenvalue weighted by Crippen LogP contribution is 2.40. The number of hydrogen-bond donors (Lipinski definition) is 1. The fraction of sp³-hybridized carbons (Fsp3) is 0.817. The van der Waals surface area contributed by atoms with E-state index in [1.807, 2.05) is 19.1 Å². The molecule has 0 bridgehead atoms. The van der Waals surface area contributed by atoms with Gasteiger partial charge in [0, 0.05) is 19.3 Å². The molecule has 0 saturated heterocycles. The topological polar surface area (TPSA) is 99.1 Å². The van der Waals surface area contributed by atoms with Crippen molar-refractivity contribution in [2.24, 2.45) is 5.41 Å².